The first-order valence-corrected chi connectivity index (χ1v) is 11.0. The highest BCUT2D eigenvalue weighted by molar-refractivity contribution is 6.47. The van der Waals surface area contributed by atoms with E-state index in [1.165, 1.54) is 0 Å². The second kappa shape index (κ2) is 11.1. The molecule has 0 unspecified atom stereocenters. The van der Waals surface area contributed by atoms with E-state index in [2.05, 4.69) is 18.1 Å². The molecule has 0 N–H and O–H groups in total. The third-order valence-corrected chi connectivity index (χ3v) is 5.31. The number of aromatic nitrogens is 1. The van der Waals surface area contributed by atoms with Crippen LogP contribution in [0, 0.1) is 11.3 Å². The fourth-order valence-corrected chi connectivity index (χ4v) is 3.52. The van der Waals surface area contributed by atoms with E-state index in [0.29, 0.717) is 17.5 Å². The predicted molar refractivity (Wildman–Crippen MR) is 125 cm³/mol. The van der Waals surface area contributed by atoms with E-state index in [-0.39, 0.29) is 17.9 Å². The van der Waals surface area contributed by atoms with E-state index in [4.69, 9.17) is 10.1 Å². The van der Waals surface area contributed by atoms with Gasteiger partial charge in [-0.15, -0.1) is 0 Å². The summed E-state index contributed by atoms with van der Waals surface area (Å²) in [4.78, 5) is 30.1. The van der Waals surface area contributed by atoms with Crippen LogP contribution in [0.2, 0.25) is 0 Å². The Morgan fingerprint density at radius 1 is 1.03 bits per heavy atom. The number of oxime groups is 1. The topological polar surface area (TPSA) is 84.4 Å². The van der Waals surface area contributed by atoms with Crippen molar-refractivity contribution < 1.29 is 14.4 Å². The molecule has 6 nitrogen and oxygen atoms in total. The molecular weight excluding hydrogens is 402 g/mol. The zero-order valence-electron chi connectivity index (χ0n) is 18.5. The average molecular weight is 430 g/mol. The van der Waals surface area contributed by atoms with Crippen molar-refractivity contribution in [1.82, 2.24) is 4.57 Å². The van der Waals surface area contributed by atoms with Crippen molar-refractivity contribution in [3.8, 4) is 11.8 Å². The number of carbonyl (C=O) groups is 2. The van der Waals surface area contributed by atoms with Crippen LogP contribution in [0.1, 0.15) is 68.3 Å². The Bertz CT molecular complexity index is 1170. The largest absolute Gasteiger partial charge is 0.334 e. The molecule has 32 heavy (non-hydrogen) atoms. The van der Waals surface area contributed by atoms with Crippen LogP contribution < -0.4 is 0 Å². The Labute approximate surface area is 188 Å². The lowest BCUT2D eigenvalue weighted by atomic mass is 10.0. The van der Waals surface area contributed by atoms with Crippen molar-refractivity contribution in [2.24, 2.45) is 5.16 Å². The van der Waals surface area contributed by atoms with Gasteiger partial charge in [-0.1, -0.05) is 56.5 Å². The van der Waals surface area contributed by atoms with Gasteiger partial charge in [0.2, 0.25) is 5.78 Å². The maximum absolute atomic E-state index is 13.5. The summed E-state index contributed by atoms with van der Waals surface area (Å²) >= 11 is 0. The molecule has 0 spiro atoms. The van der Waals surface area contributed by atoms with E-state index in [9.17, 15) is 9.59 Å². The summed E-state index contributed by atoms with van der Waals surface area (Å²) in [7, 11) is 0. The van der Waals surface area contributed by atoms with E-state index in [1.807, 2.05) is 41.0 Å². The highest BCUT2D eigenvalue weighted by Gasteiger charge is 2.21. The first kappa shape index (κ1) is 23.0. The highest BCUT2D eigenvalue weighted by atomic mass is 16.7. The van der Waals surface area contributed by atoms with Crippen LogP contribution in [0.4, 0.5) is 0 Å². The second-order valence-electron chi connectivity index (χ2n) is 7.58. The Morgan fingerprint density at radius 2 is 1.78 bits per heavy atom. The van der Waals surface area contributed by atoms with Crippen LogP contribution >= 0.6 is 0 Å². The van der Waals surface area contributed by atoms with Crippen molar-refractivity contribution in [1.29, 1.82) is 5.26 Å². The maximum atomic E-state index is 13.5. The van der Waals surface area contributed by atoms with Gasteiger partial charge in [-0.3, -0.25) is 4.79 Å². The van der Waals surface area contributed by atoms with Crippen LogP contribution in [0.3, 0.4) is 0 Å². The van der Waals surface area contributed by atoms with Crippen molar-refractivity contribution in [2.75, 3.05) is 0 Å². The minimum Gasteiger partial charge on any atom is -0.318 e. The third kappa shape index (κ3) is 5.30. The Kier molecular flexibility index (Phi) is 7.93. The number of fused-ring (bicyclic) bond motifs is 1. The van der Waals surface area contributed by atoms with E-state index < -0.39 is 5.97 Å². The molecule has 0 saturated heterocycles. The molecule has 0 aliphatic rings. The molecule has 0 saturated carbocycles. The number of unbranched alkanes of at least 4 members (excludes halogenated alkanes) is 3. The Balaban J connectivity index is 2.00. The van der Waals surface area contributed by atoms with Crippen LogP contribution in [-0.2, 0) is 9.63 Å². The first-order valence-electron chi connectivity index (χ1n) is 11.0. The summed E-state index contributed by atoms with van der Waals surface area (Å²) in [5.41, 5.74) is 3.05. The lowest BCUT2D eigenvalue weighted by Gasteiger charge is -2.05. The number of ketones is 1. The molecule has 0 amide bonds. The van der Waals surface area contributed by atoms with Crippen LogP contribution in [0.25, 0.3) is 16.6 Å². The quantitative estimate of drug-likeness (QED) is 0.131. The predicted octanol–water partition coefficient (Wildman–Crippen LogP) is 5.96. The Morgan fingerprint density at radius 3 is 2.47 bits per heavy atom. The minimum atomic E-state index is -0.469. The number of Topliss-reactive ketones (excluding diaryl/α,β-unsaturated/α-hetero) is 1. The lowest BCUT2D eigenvalue weighted by Crippen LogP contribution is -2.16. The third-order valence-electron chi connectivity index (χ3n) is 5.31. The van der Waals surface area contributed by atoms with Crippen molar-refractivity contribution >= 4 is 28.4 Å². The minimum absolute atomic E-state index is 0.193. The molecule has 0 aliphatic carbocycles. The lowest BCUT2D eigenvalue weighted by molar-refractivity contribution is -0.143. The SMILES string of the molecule is CCCCCC/C(=N\OC(=O)CC)C(=O)c1cn(-c2ccc(C#N)cc2)c2ccccc12. The van der Waals surface area contributed by atoms with Crippen molar-refractivity contribution in [3.63, 3.8) is 0 Å². The molecule has 3 rings (SSSR count). The molecule has 164 valence electrons. The van der Waals surface area contributed by atoms with Gasteiger partial charge >= 0.3 is 5.97 Å². The smallest absolute Gasteiger partial charge is 0.318 e. The number of hydrogen-bond donors (Lipinski definition) is 0. The summed E-state index contributed by atoms with van der Waals surface area (Å²) in [6.45, 7) is 3.81. The number of hydrogen-bond acceptors (Lipinski definition) is 5. The number of nitrogens with zero attached hydrogens (tertiary/aromatic N) is 3. The van der Waals surface area contributed by atoms with Crippen molar-refractivity contribution in [2.45, 2.75) is 52.4 Å². The molecular formula is C26H27N3O3. The number of para-hydroxylation sites is 1. The molecule has 0 radical (unpaired) electrons. The molecule has 0 fully saturated rings. The van der Waals surface area contributed by atoms with Gasteiger partial charge in [-0.2, -0.15) is 5.26 Å². The molecule has 0 bridgehead atoms. The molecule has 1 aromatic heterocycles. The average Bonchev–Trinajstić information content (AvgIpc) is 3.22. The first-order chi connectivity index (χ1) is 15.6. The zero-order valence-corrected chi connectivity index (χ0v) is 18.5. The summed E-state index contributed by atoms with van der Waals surface area (Å²) in [5.74, 6) is -0.710. The summed E-state index contributed by atoms with van der Waals surface area (Å²) in [6, 6.07) is 17.0. The van der Waals surface area contributed by atoms with Crippen LogP contribution in [-0.4, -0.2) is 22.0 Å². The van der Waals surface area contributed by atoms with Crippen LogP contribution in [0.15, 0.2) is 59.9 Å². The van der Waals surface area contributed by atoms with Crippen molar-refractivity contribution in [3.05, 3.63) is 65.9 Å². The molecule has 3 aromatic rings. The van der Waals surface area contributed by atoms with Gasteiger partial charge in [-0.05, 0) is 43.2 Å². The standard InChI is InChI=1S/C26H27N3O3/c1-3-5-6-7-11-23(28-32-25(30)4-2)26(31)22-18-29(24-12-9-8-10-21(22)24)20-15-13-19(17-27)14-16-20/h8-10,12-16,18H,3-7,11H2,1-2H3/b28-23+. The molecule has 6 heteroatoms. The highest BCUT2D eigenvalue weighted by Crippen LogP contribution is 2.26. The number of benzene rings is 2. The number of carbonyl (C=O) groups excluding carboxylic acids is 2. The van der Waals surface area contributed by atoms with Gasteiger partial charge in [0.05, 0.1) is 17.1 Å². The number of nitriles is 1. The van der Waals surface area contributed by atoms with Gasteiger partial charge in [0.25, 0.3) is 0 Å². The molecule has 2 aromatic carbocycles. The zero-order chi connectivity index (χ0) is 22.9. The van der Waals surface area contributed by atoms with Gasteiger partial charge in [0, 0.05) is 29.3 Å². The van der Waals surface area contributed by atoms with E-state index in [1.54, 1.807) is 25.3 Å². The monoisotopic (exact) mass is 429 g/mol. The second-order valence-corrected chi connectivity index (χ2v) is 7.58. The fourth-order valence-electron chi connectivity index (χ4n) is 3.52. The Hall–Kier alpha value is -3.72. The fraction of sp³-hybridized carbons (Fsp3) is 0.308. The van der Waals surface area contributed by atoms with E-state index in [0.717, 1.165) is 42.3 Å². The summed E-state index contributed by atoms with van der Waals surface area (Å²) < 4.78 is 1.93. The maximum Gasteiger partial charge on any atom is 0.334 e. The molecule has 0 atom stereocenters. The molecule has 0 aliphatic heterocycles. The van der Waals surface area contributed by atoms with Gasteiger partial charge in [-0.25, -0.2) is 4.79 Å². The normalized spacial score (nSPS) is 11.3. The number of rotatable bonds is 10. The molecule has 1 heterocycles. The van der Waals surface area contributed by atoms with E-state index >= 15 is 0 Å². The summed E-state index contributed by atoms with van der Waals surface area (Å²) in [6.07, 6.45) is 6.38. The van der Waals surface area contributed by atoms with Crippen LogP contribution in [0.5, 0.6) is 0 Å². The van der Waals surface area contributed by atoms with Gasteiger partial charge in [0.15, 0.2) is 0 Å². The summed E-state index contributed by atoms with van der Waals surface area (Å²) in [5, 5.41) is 13.8. The van der Waals surface area contributed by atoms with Gasteiger partial charge < -0.3 is 9.40 Å². The van der Waals surface area contributed by atoms with Gasteiger partial charge in [0.1, 0.15) is 5.71 Å².